The van der Waals surface area contributed by atoms with Crippen LogP contribution in [0.1, 0.15) is 30.3 Å². The summed E-state index contributed by atoms with van der Waals surface area (Å²) in [5.74, 6) is 0.702. The molecule has 0 saturated carbocycles. The first kappa shape index (κ1) is 19.4. The van der Waals surface area contributed by atoms with Crippen molar-refractivity contribution in [2.75, 3.05) is 11.9 Å². The van der Waals surface area contributed by atoms with Gasteiger partial charge >= 0.3 is 0 Å². The average molecular weight is 407 g/mol. The van der Waals surface area contributed by atoms with Crippen LogP contribution in [0.15, 0.2) is 47.7 Å². The van der Waals surface area contributed by atoms with Gasteiger partial charge in [-0.2, -0.15) is 0 Å². The van der Waals surface area contributed by atoms with E-state index in [0.717, 1.165) is 58.2 Å². The number of rotatable bonds is 7. The summed E-state index contributed by atoms with van der Waals surface area (Å²) in [5, 5.41) is 13.5. The molecule has 1 fully saturated rings. The van der Waals surface area contributed by atoms with Crippen LogP contribution in [0.25, 0.3) is 16.6 Å². The lowest BCUT2D eigenvalue weighted by Gasteiger charge is -2.08. The Bertz CT molecular complexity index is 1070. The van der Waals surface area contributed by atoms with Crippen molar-refractivity contribution in [2.45, 2.75) is 32.3 Å². The highest BCUT2D eigenvalue weighted by molar-refractivity contribution is 7.15. The van der Waals surface area contributed by atoms with Gasteiger partial charge < -0.3 is 10.1 Å². The van der Waals surface area contributed by atoms with Gasteiger partial charge in [0.2, 0.25) is 5.13 Å². The summed E-state index contributed by atoms with van der Waals surface area (Å²) in [6.45, 7) is 6.32. The minimum Gasteiger partial charge on any atom is -0.378 e. The Morgan fingerprint density at radius 1 is 1.38 bits per heavy atom. The number of fused-ring (bicyclic) bond motifs is 1. The van der Waals surface area contributed by atoms with E-state index >= 15 is 0 Å². The van der Waals surface area contributed by atoms with Gasteiger partial charge in [-0.15, -0.1) is 10.2 Å². The third-order valence-electron chi connectivity index (χ3n) is 4.69. The smallest absolute Gasteiger partial charge is 0.211 e. The summed E-state index contributed by atoms with van der Waals surface area (Å²) in [4.78, 5) is 13.0. The van der Waals surface area contributed by atoms with Crippen molar-refractivity contribution in [3.8, 4) is 0 Å². The number of hydrogen-bond donors (Lipinski definition) is 1. The summed E-state index contributed by atoms with van der Waals surface area (Å²) in [6.07, 6.45) is 10.7. The second kappa shape index (κ2) is 9.02. The average Bonchev–Trinajstić information content (AvgIpc) is 3.41. The second-order valence-corrected chi connectivity index (χ2v) is 7.69. The van der Waals surface area contributed by atoms with Crippen molar-refractivity contribution < 1.29 is 4.74 Å². The van der Waals surface area contributed by atoms with E-state index in [-0.39, 0.29) is 6.10 Å². The van der Waals surface area contributed by atoms with Crippen LogP contribution in [0.2, 0.25) is 0 Å². The Kier molecular flexibility index (Phi) is 6.02. The standard InChI is InChI=1S/C21H22N6OS/c1-3-14(8-10-22-2)16-9-11-23-17-6-7-18(24-20(16)17)25-21-27-26-19(29-21)13-15-5-4-12-28-15/h3,6-11,15H,2,4-5,12-13H2,1H3,(H,24,25,27)/b10-8-,14-3+. The molecule has 8 heteroatoms. The van der Waals surface area contributed by atoms with E-state index in [1.807, 2.05) is 37.3 Å². The molecule has 4 rings (SSSR count). The molecule has 1 aliphatic heterocycles. The topological polar surface area (TPSA) is 85.2 Å². The number of aromatic nitrogens is 4. The summed E-state index contributed by atoms with van der Waals surface area (Å²) >= 11 is 1.54. The first-order valence-corrected chi connectivity index (χ1v) is 10.3. The van der Waals surface area contributed by atoms with Crippen LogP contribution in [0, 0.1) is 0 Å². The van der Waals surface area contributed by atoms with E-state index in [1.165, 1.54) is 11.3 Å². The molecule has 3 aromatic rings. The number of anilines is 2. The fourth-order valence-electron chi connectivity index (χ4n) is 3.30. The van der Waals surface area contributed by atoms with Crippen LogP contribution in [0.3, 0.4) is 0 Å². The maximum atomic E-state index is 5.68. The van der Waals surface area contributed by atoms with Crippen molar-refractivity contribution in [3.05, 3.63) is 53.3 Å². The quantitative estimate of drug-likeness (QED) is 0.457. The molecule has 0 aromatic carbocycles. The molecule has 0 spiro atoms. The molecule has 0 amide bonds. The molecule has 7 nitrogen and oxygen atoms in total. The Hall–Kier alpha value is -2.97. The zero-order valence-corrected chi connectivity index (χ0v) is 17.0. The molecule has 1 aliphatic rings. The van der Waals surface area contributed by atoms with Gasteiger partial charge in [0.05, 0.1) is 17.1 Å². The van der Waals surface area contributed by atoms with Crippen molar-refractivity contribution in [1.82, 2.24) is 20.2 Å². The normalized spacial score (nSPS) is 17.3. The predicted octanol–water partition coefficient (Wildman–Crippen LogP) is 4.56. The molecule has 148 valence electrons. The Morgan fingerprint density at radius 3 is 3.10 bits per heavy atom. The molecule has 0 radical (unpaired) electrons. The van der Waals surface area contributed by atoms with Gasteiger partial charge in [0.25, 0.3) is 0 Å². The van der Waals surface area contributed by atoms with E-state index in [4.69, 9.17) is 9.72 Å². The van der Waals surface area contributed by atoms with Crippen LogP contribution in [-0.2, 0) is 11.2 Å². The third kappa shape index (κ3) is 4.55. The molecular formula is C21H22N6OS. The number of hydrogen-bond acceptors (Lipinski definition) is 8. The van der Waals surface area contributed by atoms with Crippen molar-refractivity contribution in [1.29, 1.82) is 0 Å². The molecule has 0 aliphatic carbocycles. The van der Waals surface area contributed by atoms with Crippen molar-refractivity contribution >= 4 is 45.6 Å². The molecule has 4 heterocycles. The van der Waals surface area contributed by atoms with Crippen LogP contribution in [-0.4, -0.2) is 39.6 Å². The van der Waals surface area contributed by atoms with Gasteiger partial charge in [-0.3, -0.25) is 9.98 Å². The molecule has 29 heavy (non-hydrogen) atoms. The number of aliphatic imine (C=N–C) groups is 1. The largest absolute Gasteiger partial charge is 0.378 e. The number of ether oxygens (including phenoxy) is 1. The molecular weight excluding hydrogens is 384 g/mol. The molecule has 1 saturated heterocycles. The predicted molar refractivity (Wildman–Crippen MR) is 118 cm³/mol. The highest BCUT2D eigenvalue weighted by atomic mass is 32.1. The summed E-state index contributed by atoms with van der Waals surface area (Å²) in [6, 6.07) is 5.80. The van der Waals surface area contributed by atoms with Crippen LogP contribution in [0.5, 0.6) is 0 Å². The van der Waals surface area contributed by atoms with E-state index in [2.05, 4.69) is 32.2 Å². The van der Waals surface area contributed by atoms with Crippen molar-refractivity contribution in [2.24, 2.45) is 4.99 Å². The lowest BCUT2D eigenvalue weighted by molar-refractivity contribution is 0.111. The van der Waals surface area contributed by atoms with E-state index in [1.54, 1.807) is 12.4 Å². The minimum absolute atomic E-state index is 0.264. The van der Waals surface area contributed by atoms with Crippen molar-refractivity contribution in [3.63, 3.8) is 0 Å². The molecule has 1 N–H and O–H groups in total. The van der Waals surface area contributed by atoms with Crippen LogP contribution >= 0.6 is 11.3 Å². The summed E-state index contributed by atoms with van der Waals surface area (Å²) in [7, 11) is 0. The summed E-state index contributed by atoms with van der Waals surface area (Å²) in [5.41, 5.74) is 3.62. The van der Waals surface area contributed by atoms with E-state index in [9.17, 15) is 0 Å². The van der Waals surface area contributed by atoms with Gasteiger partial charge in [0, 0.05) is 31.0 Å². The highest BCUT2D eigenvalue weighted by Crippen LogP contribution is 2.27. The molecule has 3 aromatic heterocycles. The van der Waals surface area contributed by atoms with Gasteiger partial charge in [0.1, 0.15) is 10.8 Å². The molecule has 0 bridgehead atoms. The minimum atomic E-state index is 0.264. The van der Waals surface area contributed by atoms with E-state index in [0.29, 0.717) is 5.82 Å². The zero-order valence-electron chi connectivity index (χ0n) is 16.2. The number of nitrogens with zero attached hydrogens (tertiary/aromatic N) is 5. The maximum absolute atomic E-state index is 5.68. The van der Waals surface area contributed by atoms with Gasteiger partial charge in [-0.25, -0.2) is 4.98 Å². The van der Waals surface area contributed by atoms with Gasteiger partial charge in [0.15, 0.2) is 0 Å². The zero-order chi connectivity index (χ0) is 20.1. The van der Waals surface area contributed by atoms with E-state index < -0.39 is 0 Å². The fourth-order valence-corrected chi connectivity index (χ4v) is 4.11. The highest BCUT2D eigenvalue weighted by Gasteiger charge is 2.18. The monoisotopic (exact) mass is 406 g/mol. The maximum Gasteiger partial charge on any atom is 0.211 e. The first-order chi connectivity index (χ1) is 14.3. The number of nitrogens with one attached hydrogen (secondary N) is 1. The van der Waals surface area contributed by atoms with Crippen LogP contribution in [0.4, 0.5) is 10.9 Å². The molecule has 1 atom stereocenters. The Morgan fingerprint density at radius 2 is 2.31 bits per heavy atom. The lowest BCUT2D eigenvalue weighted by atomic mass is 10.0. The first-order valence-electron chi connectivity index (χ1n) is 9.52. The third-order valence-corrected chi connectivity index (χ3v) is 5.55. The van der Waals surface area contributed by atoms with Gasteiger partial charge in [-0.1, -0.05) is 17.4 Å². The number of pyridine rings is 2. The Balaban J connectivity index is 1.58. The Labute approximate surface area is 173 Å². The van der Waals surface area contributed by atoms with Gasteiger partial charge in [-0.05, 0) is 56.3 Å². The second-order valence-electron chi connectivity index (χ2n) is 6.63. The van der Waals surface area contributed by atoms with Crippen LogP contribution < -0.4 is 5.32 Å². The lowest BCUT2D eigenvalue weighted by Crippen LogP contribution is -2.08. The SMILES string of the molecule is C=N/C=C\C(=C/C)c1ccnc2ccc(Nc3nnc(CC4CCCO4)s3)nc12. The summed E-state index contributed by atoms with van der Waals surface area (Å²) < 4.78 is 5.68. The molecule has 1 unspecified atom stereocenters. The number of allylic oxidation sites excluding steroid dienone is 3. The fraction of sp³-hybridized carbons (Fsp3) is 0.286.